The lowest BCUT2D eigenvalue weighted by molar-refractivity contribution is 0.479. The van der Waals surface area contributed by atoms with Gasteiger partial charge >= 0.3 is 0 Å². The minimum absolute atomic E-state index is 0.140. The highest BCUT2D eigenvalue weighted by Gasteiger charge is 2.09. The number of aromatic hydroxyl groups is 1. The van der Waals surface area contributed by atoms with E-state index in [4.69, 9.17) is 0 Å². The monoisotopic (exact) mass is 237 g/mol. The number of fused-ring (bicyclic) bond motifs is 1. The van der Waals surface area contributed by atoms with E-state index in [1.807, 2.05) is 54.9 Å². The van der Waals surface area contributed by atoms with Crippen molar-refractivity contribution in [1.29, 1.82) is 0 Å². The van der Waals surface area contributed by atoms with Gasteiger partial charge < -0.3 is 9.67 Å². The minimum Gasteiger partial charge on any atom is -0.506 e. The number of benzene rings is 1. The van der Waals surface area contributed by atoms with E-state index in [9.17, 15) is 5.11 Å². The van der Waals surface area contributed by atoms with Crippen LogP contribution < -0.4 is 0 Å². The Morgan fingerprint density at radius 2 is 1.94 bits per heavy atom. The Bertz CT molecular complexity index is 728. The maximum absolute atomic E-state index is 10.0. The molecule has 3 aromatic rings. The number of para-hydroxylation sites is 1. The quantitative estimate of drug-likeness (QED) is 0.706. The molecule has 0 fully saturated rings. The molecule has 2 heterocycles. The van der Waals surface area contributed by atoms with E-state index in [-0.39, 0.29) is 5.75 Å². The van der Waals surface area contributed by atoms with Crippen LogP contribution in [0.15, 0.2) is 36.5 Å². The molecule has 1 aromatic carbocycles. The zero-order valence-electron chi connectivity index (χ0n) is 10.3. The van der Waals surface area contributed by atoms with E-state index in [0.717, 1.165) is 16.6 Å². The van der Waals surface area contributed by atoms with Gasteiger partial charge in [0.15, 0.2) is 0 Å². The van der Waals surface area contributed by atoms with Crippen LogP contribution in [0.5, 0.6) is 5.75 Å². The van der Waals surface area contributed by atoms with Gasteiger partial charge in [-0.05, 0) is 37.6 Å². The Balaban J connectivity index is 2.28. The van der Waals surface area contributed by atoms with Gasteiger partial charge in [-0.1, -0.05) is 12.1 Å². The highest BCUT2D eigenvalue weighted by molar-refractivity contribution is 5.85. The lowest BCUT2D eigenvalue weighted by Gasteiger charge is -2.08. The summed E-state index contributed by atoms with van der Waals surface area (Å²) in [5.41, 5.74) is 3.07. The van der Waals surface area contributed by atoms with Crippen LogP contribution in [0.25, 0.3) is 16.7 Å². The predicted molar refractivity (Wildman–Crippen MR) is 71.0 cm³/mol. The lowest BCUT2D eigenvalue weighted by Crippen LogP contribution is -1.99. The van der Waals surface area contributed by atoms with Crippen molar-refractivity contribution in [3.05, 3.63) is 53.9 Å². The van der Waals surface area contributed by atoms with Crippen molar-refractivity contribution in [2.24, 2.45) is 0 Å². The molecule has 0 atom stereocenters. The van der Waals surface area contributed by atoms with Gasteiger partial charge in [0.25, 0.3) is 0 Å². The summed E-state index contributed by atoms with van der Waals surface area (Å²) >= 11 is 0. The van der Waals surface area contributed by atoms with E-state index in [0.29, 0.717) is 5.82 Å². The topological polar surface area (TPSA) is 38.0 Å². The fourth-order valence-corrected chi connectivity index (χ4v) is 2.04. The minimum atomic E-state index is 0.140. The van der Waals surface area contributed by atoms with Crippen LogP contribution in [-0.2, 0) is 0 Å². The third-order valence-electron chi connectivity index (χ3n) is 3.25. The Morgan fingerprint density at radius 3 is 2.67 bits per heavy atom. The van der Waals surface area contributed by atoms with Crippen LogP contribution in [0.1, 0.15) is 11.3 Å². The normalized spacial score (nSPS) is 11.0. The fraction of sp³-hybridized carbons (Fsp3) is 0.133. The number of hydrogen-bond donors (Lipinski definition) is 1. The van der Waals surface area contributed by atoms with Crippen molar-refractivity contribution >= 4 is 10.9 Å². The van der Waals surface area contributed by atoms with Gasteiger partial charge in [-0.25, -0.2) is 4.98 Å². The molecule has 0 aliphatic carbocycles. The summed E-state index contributed by atoms with van der Waals surface area (Å²) in [6, 6.07) is 12.5. The van der Waals surface area contributed by atoms with Crippen molar-refractivity contribution in [3.8, 4) is 11.6 Å². The standard InChI is InChI=1S/C15H13N2O/c1-10-7-8-17(11(10)2)15-9-14(18)12-5-3-4-6-13(12)16-15/h3-8H,1-2H3,(H,16,18). The van der Waals surface area contributed by atoms with Gasteiger partial charge in [-0.3, -0.25) is 0 Å². The Morgan fingerprint density at radius 1 is 1.17 bits per heavy atom. The Labute approximate surface area is 105 Å². The summed E-state index contributed by atoms with van der Waals surface area (Å²) in [6.07, 6.45) is 1.94. The van der Waals surface area contributed by atoms with Gasteiger partial charge in [0, 0.05) is 17.3 Å². The predicted octanol–water partition coefficient (Wildman–Crippen LogP) is 3.15. The summed E-state index contributed by atoms with van der Waals surface area (Å²) in [5.74, 6) is 0.762. The number of pyridine rings is 1. The summed E-state index contributed by atoms with van der Waals surface area (Å²) in [5, 5.41) is 10.7. The third-order valence-corrected chi connectivity index (χ3v) is 3.25. The molecule has 0 bridgehead atoms. The van der Waals surface area contributed by atoms with Crippen molar-refractivity contribution in [2.75, 3.05) is 0 Å². The first-order chi connectivity index (χ1) is 8.66. The SMILES string of the molecule is Cc1ccn(-c2[c]c(O)c3ccccc3n2)c1C. The van der Waals surface area contributed by atoms with Crippen molar-refractivity contribution < 1.29 is 5.11 Å². The average Bonchev–Trinajstić information content (AvgIpc) is 2.70. The third kappa shape index (κ3) is 1.56. The molecule has 0 saturated heterocycles. The molecule has 0 spiro atoms. The first kappa shape index (κ1) is 10.8. The van der Waals surface area contributed by atoms with Crippen molar-refractivity contribution in [3.63, 3.8) is 0 Å². The summed E-state index contributed by atoms with van der Waals surface area (Å²) in [4.78, 5) is 4.53. The molecule has 0 saturated carbocycles. The van der Waals surface area contributed by atoms with E-state index in [1.54, 1.807) is 0 Å². The van der Waals surface area contributed by atoms with E-state index < -0.39 is 0 Å². The second kappa shape index (κ2) is 3.88. The maximum Gasteiger partial charge on any atom is 0.149 e. The second-order valence-corrected chi connectivity index (χ2v) is 4.38. The van der Waals surface area contributed by atoms with Gasteiger partial charge in [-0.15, -0.1) is 0 Å². The van der Waals surface area contributed by atoms with Crippen LogP contribution in [-0.4, -0.2) is 14.7 Å². The highest BCUT2D eigenvalue weighted by Crippen LogP contribution is 2.25. The average molecular weight is 237 g/mol. The largest absolute Gasteiger partial charge is 0.506 e. The molecule has 3 nitrogen and oxygen atoms in total. The van der Waals surface area contributed by atoms with Gasteiger partial charge in [0.1, 0.15) is 11.6 Å². The first-order valence-corrected chi connectivity index (χ1v) is 5.83. The number of rotatable bonds is 1. The second-order valence-electron chi connectivity index (χ2n) is 4.38. The molecule has 0 amide bonds. The van der Waals surface area contributed by atoms with E-state index in [1.165, 1.54) is 5.56 Å². The zero-order valence-corrected chi connectivity index (χ0v) is 10.3. The Kier molecular flexibility index (Phi) is 2.33. The molecule has 1 N–H and O–H groups in total. The Hall–Kier alpha value is -2.29. The van der Waals surface area contributed by atoms with Crippen LogP contribution in [0.3, 0.4) is 0 Å². The van der Waals surface area contributed by atoms with Gasteiger partial charge in [0.05, 0.1) is 11.6 Å². The summed E-state index contributed by atoms with van der Waals surface area (Å²) in [6.45, 7) is 4.07. The number of aromatic nitrogens is 2. The molecule has 18 heavy (non-hydrogen) atoms. The first-order valence-electron chi connectivity index (χ1n) is 5.83. The number of aryl methyl sites for hydroxylation is 1. The molecule has 3 rings (SSSR count). The van der Waals surface area contributed by atoms with E-state index >= 15 is 0 Å². The molecule has 2 aromatic heterocycles. The highest BCUT2D eigenvalue weighted by atomic mass is 16.3. The molecule has 1 radical (unpaired) electrons. The summed E-state index contributed by atoms with van der Waals surface area (Å²) in [7, 11) is 0. The number of nitrogens with zero attached hydrogens (tertiary/aromatic N) is 2. The van der Waals surface area contributed by atoms with Crippen LogP contribution in [0.4, 0.5) is 0 Å². The molecule has 0 aliphatic rings. The summed E-state index contributed by atoms with van der Waals surface area (Å²) < 4.78 is 1.93. The number of hydrogen-bond acceptors (Lipinski definition) is 2. The smallest absolute Gasteiger partial charge is 0.149 e. The van der Waals surface area contributed by atoms with Crippen molar-refractivity contribution in [1.82, 2.24) is 9.55 Å². The molecule has 0 unspecified atom stereocenters. The zero-order chi connectivity index (χ0) is 12.7. The molecule has 0 aliphatic heterocycles. The molecular weight excluding hydrogens is 224 g/mol. The molecule has 89 valence electrons. The van der Waals surface area contributed by atoms with Gasteiger partial charge in [-0.2, -0.15) is 0 Å². The lowest BCUT2D eigenvalue weighted by atomic mass is 10.2. The van der Waals surface area contributed by atoms with Crippen LogP contribution in [0.2, 0.25) is 0 Å². The molecular formula is C15H13N2O. The van der Waals surface area contributed by atoms with Crippen LogP contribution >= 0.6 is 0 Å². The van der Waals surface area contributed by atoms with E-state index in [2.05, 4.69) is 11.1 Å². The van der Waals surface area contributed by atoms with Gasteiger partial charge in [0.2, 0.25) is 0 Å². The maximum atomic E-state index is 10.0. The van der Waals surface area contributed by atoms with Crippen molar-refractivity contribution in [2.45, 2.75) is 13.8 Å². The molecule has 3 heteroatoms. The van der Waals surface area contributed by atoms with Crippen LogP contribution in [0, 0.1) is 19.9 Å². The fourth-order valence-electron chi connectivity index (χ4n) is 2.04.